The molecule has 1 aliphatic rings. The van der Waals surface area contributed by atoms with E-state index in [0.717, 1.165) is 11.8 Å². The van der Waals surface area contributed by atoms with Gasteiger partial charge in [-0.2, -0.15) is 0 Å². The number of quaternary nitrogens is 1. The average Bonchev–Trinajstić information content (AvgIpc) is 2.33. The van der Waals surface area contributed by atoms with Crippen molar-refractivity contribution in [2.45, 2.75) is 11.4 Å². The van der Waals surface area contributed by atoms with E-state index >= 15 is 0 Å². The van der Waals surface area contributed by atoms with Crippen LogP contribution in [0.15, 0.2) is 0 Å². The number of carboxylic acids is 2. The molecular formula is C5H6NO4S-. The third-order valence-electron chi connectivity index (χ3n) is 1.40. The monoisotopic (exact) mass is 176 g/mol. The number of aliphatic carboxylic acids is 2. The Labute approximate surface area is 66.8 Å². The maximum atomic E-state index is 10.2. The second-order valence-corrected chi connectivity index (χ2v) is 3.37. The van der Waals surface area contributed by atoms with Gasteiger partial charge in [0.2, 0.25) is 0 Å². The first kappa shape index (κ1) is 8.35. The summed E-state index contributed by atoms with van der Waals surface area (Å²) in [6.45, 7) is 0. The van der Waals surface area contributed by atoms with Gasteiger partial charge in [0, 0.05) is 0 Å². The molecule has 11 heavy (non-hydrogen) atoms. The number of carboxylic acid groups (broad SMARTS) is 2. The molecule has 5 nitrogen and oxygen atoms in total. The summed E-state index contributed by atoms with van der Waals surface area (Å²) >= 11 is 1.05. The minimum absolute atomic E-state index is 0.265. The molecule has 1 fully saturated rings. The molecule has 0 aromatic heterocycles. The molecule has 0 bridgehead atoms. The number of carbonyl (C=O) groups is 2. The Bertz CT molecular complexity index is 175. The number of nitrogens with two attached hydrogens (primary N) is 1. The fourth-order valence-corrected chi connectivity index (χ4v) is 1.92. The van der Waals surface area contributed by atoms with Gasteiger partial charge >= 0.3 is 0 Å². The van der Waals surface area contributed by atoms with Gasteiger partial charge in [-0.15, -0.1) is 0 Å². The number of thioether (sulfide) groups is 1. The molecule has 6 heteroatoms. The maximum Gasteiger partial charge on any atom is 0.174 e. The van der Waals surface area contributed by atoms with E-state index in [1.54, 1.807) is 0 Å². The maximum absolute atomic E-state index is 10.2. The molecule has 0 radical (unpaired) electrons. The lowest BCUT2D eigenvalue weighted by Crippen LogP contribution is -2.96. The molecule has 1 rings (SSSR count). The van der Waals surface area contributed by atoms with Crippen LogP contribution in [0, 0.1) is 0 Å². The first-order valence-electron chi connectivity index (χ1n) is 2.99. The van der Waals surface area contributed by atoms with E-state index in [0.29, 0.717) is 0 Å². The molecule has 2 N–H and O–H groups in total. The third kappa shape index (κ3) is 1.84. The smallest absolute Gasteiger partial charge is 0.174 e. The van der Waals surface area contributed by atoms with Gasteiger partial charge in [0.25, 0.3) is 0 Å². The Morgan fingerprint density at radius 1 is 1.36 bits per heavy atom. The van der Waals surface area contributed by atoms with Crippen LogP contribution in [0.2, 0.25) is 0 Å². The predicted octanol–water partition coefficient (Wildman–Crippen LogP) is -4.51. The first-order chi connectivity index (χ1) is 5.11. The van der Waals surface area contributed by atoms with Gasteiger partial charge in [-0.25, -0.2) is 0 Å². The summed E-state index contributed by atoms with van der Waals surface area (Å²) in [5.41, 5.74) is 0. The van der Waals surface area contributed by atoms with E-state index in [-0.39, 0.29) is 5.75 Å². The van der Waals surface area contributed by atoms with Crippen LogP contribution >= 0.6 is 11.8 Å². The largest absolute Gasteiger partial charge is 0.544 e. The van der Waals surface area contributed by atoms with E-state index in [9.17, 15) is 19.8 Å². The van der Waals surface area contributed by atoms with Crippen molar-refractivity contribution < 1.29 is 25.1 Å². The summed E-state index contributed by atoms with van der Waals surface area (Å²) in [4.78, 5) is 20.4. The van der Waals surface area contributed by atoms with Crippen LogP contribution in [0.5, 0.6) is 0 Å². The normalized spacial score (nSPS) is 30.2. The SMILES string of the molecule is O=C([O-])[C@@H]1[NH2+][C@@H](C(=O)[O-])CS1. The van der Waals surface area contributed by atoms with Gasteiger partial charge in [0.1, 0.15) is 18.0 Å². The third-order valence-corrected chi connectivity index (χ3v) is 2.66. The van der Waals surface area contributed by atoms with Crippen molar-refractivity contribution in [1.82, 2.24) is 0 Å². The summed E-state index contributed by atoms with van der Waals surface area (Å²) < 4.78 is 0. The molecule has 1 heterocycles. The predicted molar refractivity (Wildman–Crippen MR) is 32.0 cm³/mol. The zero-order chi connectivity index (χ0) is 8.43. The lowest BCUT2D eigenvalue weighted by molar-refractivity contribution is -0.679. The highest BCUT2D eigenvalue weighted by molar-refractivity contribution is 8.00. The summed E-state index contributed by atoms with van der Waals surface area (Å²) in [7, 11) is 0. The van der Waals surface area contributed by atoms with Crippen LogP contribution in [0.25, 0.3) is 0 Å². The van der Waals surface area contributed by atoms with Crippen LogP contribution in [-0.2, 0) is 9.59 Å². The summed E-state index contributed by atoms with van der Waals surface area (Å²) in [5.74, 6) is -2.19. The first-order valence-corrected chi connectivity index (χ1v) is 4.04. The Morgan fingerprint density at radius 3 is 2.27 bits per heavy atom. The van der Waals surface area contributed by atoms with Crippen molar-refractivity contribution in [3.63, 3.8) is 0 Å². The lowest BCUT2D eigenvalue weighted by atomic mass is 10.3. The lowest BCUT2D eigenvalue weighted by Gasteiger charge is -2.10. The number of rotatable bonds is 2. The highest BCUT2D eigenvalue weighted by atomic mass is 32.2. The Morgan fingerprint density at radius 2 is 2.00 bits per heavy atom. The second kappa shape index (κ2) is 3.10. The molecule has 2 atom stereocenters. The van der Waals surface area contributed by atoms with Crippen molar-refractivity contribution in [3.05, 3.63) is 0 Å². The highest BCUT2D eigenvalue weighted by Crippen LogP contribution is 2.10. The summed E-state index contributed by atoms with van der Waals surface area (Å²) in [6, 6.07) is -0.747. The number of carbonyl (C=O) groups excluding carboxylic acids is 2. The van der Waals surface area contributed by atoms with Gasteiger partial charge < -0.3 is 25.1 Å². The molecule has 0 aromatic rings. The van der Waals surface area contributed by atoms with Gasteiger partial charge in [0.15, 0.2) is 5.37 Å². The van der Waals surface area contributed by atoms with E-state index in [2.05, 4.69) is 0 Å². The van der Waals surface area contributed by atoms with Gasteiger partial charge in [0.05, 0.1) is 5.75 Å². The van der Waals surface area contributed by atoms with Crippen LogP contribution in [0.3, 0.4) is 0 Å². The summed E-state index contributed by atoms with van der Waals surface area (Å²) in [5, 5.41) is 20.8. The topological polar surface area (TPSA) is 96.9 Å². The molecule has 0 saturated carbocycles. The average molecular weight is 176 g/mol. The molecule has 0 amide bonds. The molecule has 0 aromatic carbocycles. The van der Waals surface area contributed by atoms with E-state index < -0.39 is 23.4 Å². The molecule has 1 saturated heterocycles. The molecule has 0 spiro atoms. The summed E-state index contributed by atoms with van der Waals surface area (Å²) in [6.07, 6.45) is 0. The van der Waals surface area contributed by atoms with Crippen molar-refractivity contribution in [1.29, 1.82) is 0 Å². The highest BCUT2D eigenvalue weighted by Gasteiger charge is 2.30. The zero-order valence-electron chi connectivity index (χ0n) is 5.48. The molecular weight excluding hydrogens is 170 g/mol. The molecule has 62 valence electrons. The molecule has 1 aliphatic heterocycles. The number of hydrogen-bond acceptors (Lipinski definition) is 5. The second-order valence-electron chi connectivity index (χ2n) is 2.19. The van der Waals surface area contributed by atoms with Crippen molar-refractivity contribution in [2.75, 3.05) is 5.75 Å². The minimum Gasteiger partial charge on any atom is -0.544 e. The van der Waals surface area contributed by atoms with Gasteiger partial charge in [-0.3, -0.25) is 0 Å². The van der Waals surface area contributed by atoms with E-state index in [1.165, 1.54) is 5.32 Å². The van der Waals surface area contributed by atoms with Crippen molar-refractivity contribution >= 4 is 23.7 Å². The van der Waals surface area contributed by atoms with Crippen LogP contribution < -0.4 is 15.5 Å². The van der Waals surface area contributed by atoms with Crippen LogP contribution in [0.4, 0.5) is 0 Å². The Kier molecular flexibility index (Phi) is 2.35. The minimum atomic E-state index is -1.24. The van der Waals surface area contributed by atoms with Crippen molar-refractivity contribution in [3.8, 4) is 0 Å². The Hall–Kier alpha value is -0.750. The molecule has 0 unspecified atom stereocenters. The Balaban J connectivity index is 2.47. The van der Waals surface area contributed by atoms with E-state index in [1.807, 2.05) is 0 Å². The van der Waals surface area contributed by atoms with Gasteiger partial charge in [-0.05, 0) is 0 Å². The van der Waals surface area contributed by atoms with Crippen molar-refractivity contribution in [2.24, 2.45) is 0 Å². The fourth-order valence-electron chi connectivity index (χ4n) is 0.823. The zero-order valence-corrected chi connectivity index (χ0v) is 6.30. The van der Waals surface area contributed by atoms with E-state index in [4.69, 9.17) is 0 Å². The van der Waals surface area contributed by atoms with Crippen LogP contribution in [-0.4, -0.2) is 29.1 Å². The van der Waals surface area contributed by atoms with Gasteiger partial charge in [-0.1, -0.05) is 11.8 Å². The number of hydrogen-bond donors (Lipinski definition) is 1. The standard InChI is InChI=1S/C5H7NO4S/c7-4(8)2-1-11-3(6-2)5(9)10/h2-3,6H,1H2,(H,7,8)(H,9,10)/p-1/t2-,3-/m1/s1. The van der Waals surface area contributed by atoms with Crippen LogP contribution in [0.1, 0.15) is 0 Å². The fraction of sp³-hybridized carbons (Fsp3) is 0.600. The quantitative estimate of drug-likeness (QED) is 0.457. The molecule has 0 aliphatic carbocycles.